The number of benzene rings is 2. The zero-order valence-corrected chi connectivity index (χ0v) is 14.0. The van der Waals surface area contributed by atoms with E-state index >= 15 is 0 Å². The maximum atomic E-state index is 12.1. The molecule has 1 aromatic heterocycles. The van der Waals surface area contributed by atoms with Crippen LogP contribution in [-0.2, 0) is 17.8 Å². The van der Waals surface area contributed by atoms with E-state index in [0.29, 0.717) is 11.4 Å². The number of aryl methyl sites for hydroxylation is 1. The van der Waals surface area contributed by atoms with Crippen molar-refractivity contribution in [2.24, 2.45) is 0 Å². The summed E-state index contributed by atoms with van der Waals surface area (Å²) in [5, 5.41) is 17.5. The molecule has 132 valence electrons. The molecule has 2 aromatic carbocycles. The van der Waals surface area contributed by atoms with Gasteiger partial charge in [-0.2, -0.15) is 4.98 Å². The van der Waals surface area contributed by atoms with Gasteiger partial charge in [0.1, 0.15) is 0 Å². The topological polar surface area (TPSA) is 111 Å². The molecule has 0 aliphatic heterocycles. The first kappa shape index (κ1) is 17.3. The van der Waals surface area contributed by atoms with Crippen LogP contribution in [0.4, 0.5) is 5.69 Å². The lowest BCUT2D eigenvalue weighted by Crippen LogP contribution is -2.25. The number of hydrogen-bond acceptors (Lipinski definition) is 6. The average Bonchev–Trinajstić information content (AvgIpc) is 3.09. The van der Waals surface area contributed by atoms with Gasteiger partial charge in [-0.1, -0.05) is 47.1 Å². The monoisotopic (exact) mass is 352 g/mol. The van der Waals surface area contributed by atoms with Crippen LogP contribution in [0.2, 0.25) is 0 Å². The summed E-state index contributed by atoms with van der Waals surface area (Å²) < 4.78 is 5.14. The minimum absolute atomic E-state index is 0.0538. The van der Waals surface area contributed by atoms with Crippen molar-refractivity contribution in [3.05, 3.63) is 75.7 Å². The molecule has 3 rings (SSSR count). The van der Waals surface area contributed by atoms with Crippen molar-refractivity contribution in [2.75, 3.05) is 0 Å². The van der Waals surface area contributed by atoms with Crippen molar-refractivity contribution in [3.8, 4) is 11.4 Å². The van der Waals surface area contributed by atoms with E-state index in [4.69, 9.17) is 4.52 Å². The van der Waals surface area contributed by atoms with Crippen molar-refractivity contribution in [2.45, 2.75) is 19.9 Å². The van der Waals surface area contributed by atoms with Crippen LogP contribution in [0, 0.1) is 17.0 Å². The highest BCUT2D eigenvalue weighted by molar-refractivity contribution is 5.79. The number of carbonyl (C=O) groups excluding carboxylic acids is 1. The summed E-state index contributed by atoms with van der Waals surface area (Å²) in [7, 11) is 0. The van der Waals surface area contributed by atoms with E-state index in [1.54, 1.807) is 18.2 Å². The number of nitro benzene ring substituents is 1. The van der Waals surface area contributed by atoms with Crippen LogP contribution in [0.1, 0.15) is 17.0 Å². The lowest BCUT2D eigenvalue weighted by atomic mass is 10.1. The fourth-order valence-electron chi connectivity index (χ4n) is 2.48. The molecule has 0 radical (unpaired) electrons. The van der Waals surface area contributed by atoms with E-state index in [-0.39, 0.29) is 30.5 Å². The summed E-state index contributed by atoms with van der Waals surface area (Å²) in [5.41, 5.74) is 2.17. The third-order valence-electron chi connectivity index (χ3n) is 3.72. The number of rotatable bonds is 6. The Morgan fingerprint density at radius 1 is 1.23 bits per heavy atom. The lowest BCUT2D eigenvalue weighted by Gasteiger charge is -2.03. The normalized spacial score (nSPS) is 10.5. The molecule has 0 aliphatic carbocycles. The van der Waals surface area contributed by atoms with Gasteiger partial charge in [0.2, 0.25) is 17.6 Å². The summed E-state index contributed by atoms with van der Waals surface area (Å²) in [5.74, 6) is 0.337. The Bertz CT molecular complexity index is 952. The van der Waals surface area contributed by atoms with Crippen molar-refractivity contribution in [1.82, 2.24) is 15.5 Å². The molecule has 26 heavy (non-hydrogen) atoms. The lowest BCUT2D eigenvalue weighted by molar-refractivity contribution is -0.385. The van der Waals surface area contributed by atoms with Crippen LogP contribution in [0.25, 0.3) is 11.4 Å². The number of hydrogen-bond donors (Lipinski definition) is 1. The summed E-state index contributed by atoms with van der Waals surface area (Å²) in [6, 6.07) is 13.8. The van der Waals surface area contributed by atoms with Crippen LogP contribution in [0.15, 0.2) is 53.1 Å². The fraction of sp³-hybridized carbons (Fsp3) is 0.167. The minimum Gasteiger partial charge on any atom is -0.347 e. The molecule has 1 heterocycles. The number of aromatic nitrogens is 2. The Balaban J connectivity index is 1.61. The molecule has 1 amide bonds. The van der Waals surface area contributed by atoms with Gasteiger partial charge in [-0.15, -0.1) is 0 Å². The van der Waals surface area contributed by atoms with E-state index in [2.05, 4.69) is 15.5 Å². The molecule has 0 fully saturated rings. The molecular formula is C18H16N4O4. The van der Waals surface area contributed by atoms with E-state index in [9.17, 15) is 14.9 Å². The number of amides is 1. The molecule has 0 unspecified atom stereocenters. The van der Waals surface area contributed by atoms with Gasteiger partial charge >= 0.3 is 0 Å². The first-order valence-corrected chi connectivity index (χ1v) is 7.91. The van der Waals surface area contributed by atoms with Gasteiger partial charge in [0.25, 0.3) is 5.69 Å². The Kier molecular flexibility index (Phi) is 5.02. The van der Waals surface area contributed by atoms with Crippen LogP contribution in [-0.4, -0.2) is 21.0 Å². The number of para-hydroxylation sites is 1. The zero-order chi connectivity index (χ0) is 18.5. The molecular weight excluding hydrogens is 336 g/mol. The number of nitrogens with zero attached hydrogens (tertiary/aromatic N) is 3. The van der Waals surface area contributed by atoms with Crippen LogP contribution < -0.4 is 5.32 Å². The molecule has 0 aliphatic rings. The summed E-state index contributed by atoms with van der Waals surface area (Å²) >= 11 is 0. The number of nitro groups is 1. The third-order valence-corrected chi connectivity index (χ3v) is 3.72. The van der Waals surface area contributed by atoms with Crippen molar-refractivity contribution in [1.29, 1.82) is 0 Å². The second-order valence-corrected chi connectivity index (χ2v) is 5.72. The SMILES string of the molecule is Cc1cccc(-c2noc(CNC(=O)Cc3ccccc3[N+](=O)[O-])n2)c1. The Labute approximate surface area is 149 Å². The van der Waals surface area contributed by atoms with Crippen molar-refractivity contribution < 1.29 is 14.2 Å². The molecule has 0 saturated heterocycles. The molecule has 1 N–H and O–H groups in total. The first-order valence-electron chi connectivity index (χ1n) is 7.91. The second-order valence-electron chi connectivity index (χ2n) is 5.72. The smallest absolute Gasteiger partial charge is 0.273 e. The highest BCUT2D eigenvalue weighted by Gasteiger charge is 2.16. The highest BCUT2D eigenvalue weighted by Crippen LogP contribution is 2.18. The third kappa shape index (κ3) is 4.10. The van der Waals surface area contributed by atoms with Gasteiger partial charge in [0.15, 0.2) is 0 Å². The molecule has 0 bridgehead atoms. The van der Waals surface area contributed by atoms with E-state index < -0.39 is 4.92 Å². The summed E-state index contributed by atoms with van der Waals surface area (Å²) in [4.78, 5) is 26.8. The molecule has 0 atom stereocenters. The Hall–Kier alpha value is -3.55. The minimum atomic E-state index is -0.505. The quantitative estimate of drug-likeness (QED) is 0.539. The van der Waals surface area contributed by atoms with Gasteiger partial charge in [0, 0.05) is 17.2 Å². The number of nitrogens with one attached hydrogen (secondary N) is 1. The van der Waals surface area contributed by atoms with Gasteiger partial charge in [-0.3, -0.25) is 14.9 Å². The maximum absolute atomic E-state index is 12.1. The predicted molar refractivity (Wildman–Crippen MR) is 93.1 cm³/mol. The van der Waals surface area contributed by atoms with Gasteiger partial charge < -0.3 is 9.84 Å². The molecule has 8 nitrogen and oxygen atoms in total. The standard InChI is InChI=1S/C18H16N4O4/c1-12-5-4-7-14(9-12)18-20-17(26-21-18)11-19-16(23)10-13-6-2-3-8-15(13)22(24)25/h2-9H,10-11H2,1H3,(H,19,23). The molecule has 8 heteroatoms. The van der Waals surface area contributed by atoms with Crippen molar-refractivity contribution in [3.63, 3.8) is 0 Å². The molecule has 3 aromatic rings. The van der Waals surface area contributed by atoms with Crippen molar-refractivity contribution >= 4 is 11.6 Å². The summed E-state index contributed by atoms with van der Waals surface area (Å²) in [6.45, 7) is 2.02. The van der Waals surface area contributed by atoms with E-state index in [1.165, 1.54) is 6.07 Å². The average molecular weight is 352 g/mol. The predicted octanol–water partition coefficient (Wildman–Crippen LogP) is 2.81. The zero-order valence-electron chi connectivity index (χ0n) is 14.0. The second kappa shape index (κ2) is 7.56. The van der Waals surface area contributed by atoms with Crippen LogP contribution >= 0.6 is 0 Å². The van der Waals surface area contributed by atoms with Crippen LogP contribution in [0.5, 0.6) is 0 Å². The fourth-order valence-corrected chi connectivity index (χ4v) is 2.48. The van der Waals surface area contributed by atoms with Gasteiger partial charge in [-0.05, 0) is 13.0 Å². The largest absolute Gasteiger partial charge is 0.347 e. The van der Waals surface area contributed by atoms with E-state index in [1.807, 2.05) is 31.2 Å². The maximum Gasteiger partial charge on any atom is 0.273 e. The van der Waals surface area contributed by atoms with Gasteiger partial charge in [-0.25, -0.2) is 0 Å². The van der Waals surface area contributed by atoms with Gasteiger partial charge in [0.05, 0.1) is 17.9 Å². The Morgan fingerprint density at radius 3 is 2.81 bits per heavy atom. The first-order chi connectivity index (χ1) is 12.5. The number of carbonyl (C=O) groups is 1. The Morgan fingerprint density at radius 2 is 2.04 bits per heavy atom. The molecule has 0 spiro atoms. The summed E-state index contributed by atoms with van der Waals surface area (Å²) in [6.07, 6.45) is -0.101. The molecule has 0 saturated carbocycles. The van der Waals surface area contributed by atoms with E-state index in [0.717, 1.165) is 11.1 Å². The highest BCUT2D eigenvalue weighted by atomic mass is 16.6. The van der Waals surface area contributed by atoms with Crippen LogP contribution in [0.3, 0.4) is 0 Å².